The molecule has 128 valence electrons. The van der Waals surface area contributed by atoms with Gasteiger partial charge in [-0.1, -0.05) is 30.3 Å². The maximum Gasteiger partial charge on any atom is 0.329 e. The number of carbonyl (C=O) groups is 2. The molecule has 1 heterocycles. The van der Waals surface area contributed by atoms with Crippen molar-refractivity contribution in [3.8, 4) is 0 Å². The third-order valence-electron chi connectivity index (χ3n) is 3.76. The number of nitrogens with one attached hydrogen (secondary N) is 1. The summed E-state index contributed by atoms with van der Waals surface area (Å²) in [7, 11) is 0. The Bertz CT molecular complexity index is 707. The van der Waals surface area contributed by atoms with Gasteiger partial charge in [-0.3, -0.25) is 4.79 Å². The number of benzene rings is 1. The van der Waals surface area contributed by atoms with Gasteiger partial charge in [-0.05, 0) is 25.5 Å². The summed E-state index contributed by atoms with van der Waals surface area (Å²) in [6.45, 7) is 4.69. The first-order valence-electron chi connectivity index (χ1n) is 7.77. The second-order valence-electron chi connectivity index (χ2n) is 5.56. The van der Waals surface area contributed by atoms with E-state index in [9.17, 15) is 9.59 Å². The Morgan fingerprint density at radius 1 is 1.21 bits per heavy atom. The summed E-state index contributed by atoms with van der Waals surface area (Å²) in [5.74, 6) is -1.20. The van der Waals surface area contributed by atoms with Crippen LogP contribution in [0.25, 0.3) is 0 Å². The standard InChI is InChI=1S/C18H22N2O4/c1-13-10-16(18(23)19-8-9-24-12-17(21)22)14(2)20(13)11-15-6-4-3-5-7-15/h3-7,10H,8-9,11-12H2,1-2H3,(H,19,23)(H,21,22). The molecule has 0 aliphatic carbocycles. The summed E-state index contributed by atoms with van der Waals surface area (Å²) in [4.78, 5) is 22.6. The highest BCUT2D eigenvalue weighted by atomic mass is 16.5. The quantitative estimate of drug-likeness (QED) is 0.725. The van der Waals surface area contributed by atoms with Crippen molar-refractivity contribution in [2.24, 2.45) is 0 Å². The number of carboxylic acid groups (broad SMARTS) is 1. The lowest BCUT2D eigenvalue weighted by Crippen LogP contribution is -2.28. The molecule has 24 heavy (non-hydrogen) atoms. The number of carbonyl (C=O) groups excluding carboxylic acids is 1. The van der Waals surface area contributed by atoms with Crippen molar-refractivity contribution in [1.29, 1.82) is 0 Å². The Morgan fingerprint density at radius 3 is 2.58 bits per heavy atom. The van der Waals surface area contributed by atoms with Crippen LogP contribution < -0.4 is 5.32 Å². The minimum absolute atomic E-state index is 0.167. The molecule has 0 atom stereocenters. The smallest absolute Gasteiger partial charge is 0.329 e. The summed E-state index contributed by atoms with van der Waals surface area (Å²) in [6, 6.07) is 11.9. The highest BCUT2D eigenvalue weighted by Crippen LogP contribution is 2.17. The van der Waals surface area contributed by atoms with Gasteiger partial charge in [0, 0.05) is 24.5 Å². The van der Waals surface area contributed by atoms with Crippen molar-refractivity contribution in [2.45, 2.75) is 20.4 Å². The van der Waals surface area contributed by atoms with Gasteiger partial charge in [0.05, 0.1) is 12.2 Å². The normalized spacial score (nSPS) is 10.6. The molecule has 2 aromatic rings. The molecule has 0 saturated heterocycles. The molecule has 0 unspecified atom stereocenters. The topological polar surface area (TPSA) is 80.6 Å². The van der Waals surface area contributed by atoms with Gasteiger partial charge in [0.1, 0.15) is 6.61 Å². The minimum Gasteiger partial charge on any atom is -0.480 e. The summed E-state index contributed by atoms with van der Waals surface area (Å²) < 4.78 is 7.00. The zero-order chi connectivity index (χ0) is 17.5. The molecule has 0 fully saturated rings. The number of aliphatic carboxylic acids is 1. The second-order valence-corrected chi connectivity index (χ2v) is 5.56. The van der Waals surface area contributed by atoms with Crippen LogP contribution in [0, 0.1) is 13.8 Å². The third-order valence-corrected chi connectivity index (χ3v) is 3.76. The monoisotopic (exact) mass is 330 g/mol. The summed E-state index contributed by atoms with van der Waals surface area (Å²) in [5.41, 5.74) is 3.72. The first kappa shape index (κ1) is 17.7. The van der Waals surface area contributed by atoms with Crippen LogP contribution >= 0.6 is 0 Å². The van der Waals surface area contributed by atoms with Gasteiger partial charge >= 0.3 is 5.97 Å². The molecule has 2 rings (SSSR count). The first-order chi connectivity index (χ1) is 11.5. The molecule has 0 bridgehead atoms. The average Bonchev–Trinajstić information content (AvgIpc) is 2.83. The van der Waals surface area contributed by atoms with Crippen LogP contribution in [0.15, 0.2) is 36.4 Å². The fraction of sp³-hybridized carbons (Fsp3) is 0.333. The molecule has 6 nitrogen and oxygen atoms in total. The van der Waals surface area contributed by atoms with Gasteiger partial charge in [0.2, 0.25) is 0 Å². The predicted octanol–water partition coefficient (Wildman–Crippen LogP) is 1.98. The highest BCUT2D eigenvalue weighted by molar-refractivity contribution is 5.95. The largest absolute Gasteiger partial charge is 0.480 e. The molecule has 1 aromatic heterocycles. The highest BCUT2D eigenvalue weighted by Gasteiger charge is 2.15. The van der Waals surface area contributed by atoms with Crippen LogP contribution in [0.3, 0.4) is 0 Å². The summed E-state index contributed by atoms with van der Waals surface area (Å²) >= 11 is 0. The van der Waals surface area contributed by atoms with Gasteiger partial charge < -0.3 is 19.7 Å². The predicted molar refractivity (Wildman–Crippen MR) is 90.2 cm³/mol. The number of rotatable bonds is 8. The van der Waals surface area contributed by atoms with Crippen LogP contribution in [0.1, 0.15) is 27.3 Å². The van der Waals surface area contributed by atoms with E-state index >= 15 is 0 Å². The average molecular weight is 330 g/mol. The van der Waals surface area contributed by atoms with Gasteiger partial charge in [-0.25, -0.2) is 4.79 Å². The molecule has 2 N–H and O–H groups in total. The van der Waals surface area contributed by atoms with Crippen molar-refractivity contribution < 1.29 is 19.4 Å². The zero-order valence-electron chi connectivity index (χ0n) is 13.9. The van der Waals surface area contributed by atoms with E-state index in [1.807, 2.05) is 38.1 Å². The number of hydrogen-bond acceptors (Lipinski definition) is 3. The van der Waals surface area contributed by atoms with E-state index in [1.54, 1.807) is 0 Å². The van der Waals surface area contributed by atoms with Crippen LogP contribution in [0.2, 0.25) is 0 Å². The Balaban J connectivity index is 1.97. The summed E-state index contributed by atoms with van der Waals surface area (Å²) in [5, 5.41) is 11.2. The molecule has 0 aliphatic rings. The van der Waals surface area contributed by atoms with E-state index in [2.05, 4.69) is 22.0 Å². The van der Waals surface area contributed by atoms with Crippen molar-refractivity contribution in [3.63, 3.8) is 0 Å². The second kappa shape index (κ2) is 8.31. The van der Waals surface area contributed by atoms with Crippen molar-refractivity contribution in [3.05, 3.63) is 58.9 Å². The number of hydrogen-bond donors (Lipinski definition) is 2. The molecular weight excluding hydrogens is 308 g/mol. The number of carboxylic acids is 1. The number of aryl methyl sites for hydroxylation is 1. The Hall–Kier alpha value is -2.60. The zero-order valence-corrected chi connectivity index (χ0v) is 13.9. The summed E-state index contributed by atoms with van der Waals surface area (Å²) in [6.07, 6.45) is 0. The molecule has 6 heteroatoms. The SMILES string of the molecule is Cc1cc(C(=O)NCCOCC(=O)O)c(C)n1Cc1ccccc1. The lowest BCUT2D eigenvalue weighted by Gasteiger charge is -2.10. The fourth-order valence-corrected chi connectivity index (χ4v) is 2.53. The van der Waals surface area contributed by atoms with E-state index in [0.29, 0.717) is 12.1 Å². The molecule has 0 aliphatic heterocycles. The van der Waals surface area contributed by atoms with Crippen molar-refractivity contribution >= 4 is 11.9 Å². The Labute approximate surface area is 141 Å². The van der Waals surface area contributed by atoms with Gasteiger partial charge in [0.25, 0.3) is 5.91 Å². The molecule has 1 aromatic carbocycles. The molecular formula is C18H22N2O4. The van der Waals surface area contributed by atoms with Gasteiger partial charge in [-0.15, -0.1) is 0 Å². The van der Waals surface area contributed by atoms with E-state index in [0.717, 1.165) is 11.4 Å². The number of aromatic nitrogens is 1. The molecule has 0 radical (unpaired) electrons. The Kier molecular flexibility index (Phi) is 6.14. The number of amides is 1. The minimum atomic E-state index is -1.02. The molecule has 1 amide bonds. The van der Waals surface area contributed by atoms with Crippen LogP contribution in [0.4, 0.5) is 0 Å². The molecule has 0 saturated carbocycles. The van der Waals surface area contributed by atoms with Crippen LogP contribution in [0.5, 0.6) is 0 Å². The Morgan fingerprint density at radius 2 is 1.92 bits per heavy atom. The first-order valence-corrected chi connectivity index (χ1v) is 7.77. The van der Waals surface area contributed by atoms with Gasteiger partial charge in [-0.2, -0.15) is 0 Å². The van der Waals surface area contributed by atoms with Gasteiger partial charge in [0.15, 0.2) is 0 Å². The maximum atomic E-state index is 12.3. The molecule has 0 spiro atoms. The maximum absolute atomic E-state index is 12.3. The fourth-order valence-electron chi connectivity index (χ4n) is 2.53. The van der Waals surface area contributed by atoms with E-state index < -0.39 is 5.97 Å². The lowest BCUT2D eigenvalue weighted by atomic mass is 10.2. The van der Waals surface area contributed by atoms with E-state index in [4.69, 9.17) is 9.84 Å². The number of ether oxygens (including phenoxy) is 1. The lowest BCUT2D eigenvalue weighted by molar-refractivity contribution is -0.142. The van der Waals surface area contributed by atoms with Crippen LogP contribution in [-0.2, 0) is 16.1 Å². The van der Waals surface area contributed by atoms with E-state index in [1.165, 1.54) is 5.56 Å². The van der Waals surface area contributed by atoms with Crippen molar-refractivity contribution in [2.75, 3.05) is 19.8 Å². The number of nitrogens with zero attached hydrogens (tertiary/aromatic N) is 1. The van der Waals surface area contributed by atoms with Crippen LogP contribution in [-0.4, -0.2) is 41.3 Å². The third kappa shape index (κ3) is 4.70. The van der Waals surface area contributed by atoms with E-state index in [-0.39, 0.29) is 25.7 Å². The van der Waals surface area contributed by atoms with Crippen molar-refractivity contribution in [1.82, 2.24) is 9.88 Å².